The third-order valence-corrected chi connectivity index (χ3v) is 5.28. The van der Waals surface area contributed by atoms with E-state index in [2.05, 4.69) is 5.32 Å². The number of hydrogen-bond acceptors (Lipinski definition) is 3. The first-order chi connectivity index (χ1) is 9.05. The van der Waals surface area contributed by atoms with Crippen LogP contribution < -0.4 is 5.32 Å². The topological polar surface area (TPSA) is 49.4 Å². The third-order valence-electron chi connectivity index (χ3n) is 3.27. The van der Waals surface area contributed by atoms with Crippen LogP contribution in [0.5, 0.6) is 0 Å². The van der Waals surface area contributed by atoms with Crippen LogP contribution in [-0.4, -0.2) is 32.9 Å². The molecule has 1 aromatic carbocycles. The van der Waals surface area contributed by atoms with Crippen molar-refractivity contribution in [1.29, 1.82) is 0 Å². The maximum absolute atomic E-state index is 12.6. The third kappa shape index (κ3) is 3.05. The predicted molar refractivity (Wildman–Crippen MR) is 76.5 cm³/mol. The molecule has 0 fully saturated rings. The van der Waals surface area contributed by atoms with Crippen LogP contribution in [0.2, 0.25) is 0 Å². The molecule has 1 aliphatic heterocycles. The van der Waals surface area contributed by atoms with Crippen LogP contribution in [0.1, 0.15) is 17.5 Å². The molecule has 2 rings (SSSR count). The molecule has 0 amide bonds. The largest absolute Gasteiger partial charge is 0.316 e. The van der Waals surface area contributed by atoms with Crippen molar-refractivity contribution in [3.05, 3.63) is 41.5 Å². The van der Waals surface area contributed by atoms with Gasteiger partial charge < -0.3 is 5.32 Å². The van der Waals surface area contributed by atoms with Crippen molar-refractivity contribution in [3.63, 3.8) is 0 Å². The van der Waals surface area contributed by atoms with E-state index in [0.29, 0.717) is 24.5 Å². The van der Waals surface area contributed by atoms with Gasteiger partial charge in [-0.2, -0.15) is 4.31 Å². The van der Waals surface area contributed by atoms with Crippen molar-refractivity contribution in [1.82, 2.24) is 9.62 Å². The maximum Gasteiger partial charge on any atom is 0.243 e. The average Bonchev–Trinajstić information content (AvgIpc) is 2.42. The number of hydrogen-bond donors (Lipinski definition) is 1. The Labute approximate surface area is 115 Å². The highest BCUT2D eigenvalue weighted by Crippen LogP contribution is 2.22. The summed E-state index contributed by atoms with van der Waals surface area (Å²) in [6.07, 6.45) is 4.72. The Morgan fingerprint density at radius 3 is 2.74 bits per heavy atom. The first-order valence-corrected chi connectivity index (χ1v) is 7.89. The Balaban J connectivity index is 2.38. The van der Waals surface area contributed by atoms with Gasteiger partial charge in [-0.25, -0.2) is 8.42 Å². The van der Waals surface area contributed by atoms with Crippen molar-refractivity contribution in [2.45, 2.75) is 24.8 Å². The molecule has 0 spiro atoms. The summed E-state index contributed by atoms with van der Waals surface area (Å²) in [6.45, 7) is 3.55. The van der Waals surface area contributed by atoms with E-state index in [0.717, 1.165) is 17.5 Å². The van der Waals surface area contributed by atoms with E-state index in [9.17, 15) is 8.42 Å². The molecule has 0 aliphatic carbocycles. The molecular weight excluding hydrogens is 260 g/mol. The van der Waals surface area contributed by atoms with Gasteiger partial charge in [-0.15, -0.1) is 0 Å². The molecule has 4 nitrogen and oxygen atoms in total. The molecule has 1 heterocycles. The molecular formula is C14H20N2O2S. The Bertz CT molecular complexity index is 579. The van der Waals surface area contributed by atoms with Crippen LogP contribution in [0.25, 0.3) is 0 Å². The van der Waals surface area contributed by atoms with Gasteiger partial charge in [0.2, 0.25) is 10.0 Å². The fourth-order valence-electron chi connectivity index (χ4n) is 2.21. The molecule has 0 radical (unpaired) electrons. The van der Waals surface area contributed by atoms with Crippen LogP contribution in [0.4, 0.5) is 0 Å². The number of nitrogens with zero attached hydrogens (tertiary/aromatic N) is 1. The zero-order valence-corrected chi connectivity index (χ0v) is 12.2. The molecule has 1 N–H and O–H groups in total. The van der Waals surface area contributed by atoms with Crippen molar-refractivity contribution in [3.8, 4) is 0 Å². The van der Waals surface area contributed by atoms with Crippen molar-refractivity contribution in [2.75, 3.05) is 20.1 Å². The van der Waals surface area contributed by atoms with Crippen LogP contribution in [-0.2, 0) is 16.6 Å². The Morgan fingerprint density at radius 2 is 2.11 bits per heavy atom. The number of nitrogens with one attached hydrogen (secondary N) is 1. The highest BCUT2D eigenvalue weighted by molar-refractivity contribution is 7.89. The Morgan fingerprint density at radius 1 is 1.32 bits per heavy atom. The standard InChI is InChI=1S/C14H20N2O2S/c1-12-6-7-13(11-15-2)10-14(12)19(17,18)16-8-4-3-5-9-16/h3-4,6-7,10,15H,5,8-9,11H2,1-2H3. The lowest BCUT2D eigenvalue weighted by Gasteiger charge is -2.24. The van der Waals surface area contributed by atoms with E-state index in [-0.39, 0.29) is 0 Å². The second-order valence-corrected chi connectivity index (χ2v) is 6.66. The lowest BCUT2D eigenvalue weighted by atomic mass is 10.1. The van der Waals surface area contributed by atoms with E-state index >= 15 is 0 Å². The van der Waals surface area contributed by atoms with Crippen molar-refractivity contribution in [2.24, 2.45) is 0 Å². The Kier molecular flexibility index (Phi) is 4.39. The van der Waals surface area contributed by atoms with E-state index in [1.54, 1.807) is 10.4 Å². The van der Waals surface area contributed by atoms with Crippen LogP contribution >= 0.6 is 0 Å². The molecule has 19 heavy (non-hydrogen) atoms. The molecule has 0 atom stereocenters. The van der Waals surface area contributed by atoms with Crippen molar-refractivity contribution < 1.29 is 8.42 Å². The van der Waals surface area contributed by atoms with E-state index in [4.69, 9.17) is 0 Å². The molecule has 5 heteroatoms. The van der Waals surface area contributed by atoms with E-state index in [1.165, 1.54) is 0 Å². The minimum Gasteiger partial charge on any atom is -0.316 e. The lowest BCUT2D eigenvalue weighted by Crippen LogP contribution is -2.34. The molecule has 1 aromatic rings. The molecule has 1 aliphatic rings. The van der Waals surface area contributed by atoms with Gasteiger partial charge in [0, 0.05) is 19.6 Å². The lowest BCUT2D eigenvalue weighted by molar-refractivity contribution is 0.437. The SMILES string of the molecule is CNCc1ccc(C)c(S(=O)(=O)N2CC=CCC2)c1. The molecule has 0 saturated heterocycles. The van der Waals surface area contributed by atoms with Crippen LogP contribution in [0.3, 0.4) is 0 Å². The first-order valence-electron chi connectivity index (χ1n) is 6.45. The minimum absolute atomic E-state index is 0.426. The average molecular weight is 280 g/mol. The zero-order chi connectivity index (χ0) is 13.9. The van der Waals surface area contributed by atoms with Gasteiger partial charge in [-0.3, -0.25) is 0 Å². The normalized spacial score (nSPS) is 16.7. The molecule has 0 unspecified atom stereocenters. The maximum atomic E-state index is 12.6. The Hall–Kier alpha value is -1.17. The summed E-state index contributed by atoms with van der Waals surface area (Å²) in [4.78, 5) is 0.426. The summed E-state index contributed by atoms with van der Waals surface area (Å²) in [5.41, 5.74) is 1.79. The number of benzene rings is 1. The van der Waals surface area contributed by atoms with E-state index in [1.807, 2.05) is 38.3 Å². The minimum atomic E-state index is -3.38. The van der Waals surface area contributed by atoms with Gasteiger partial charge in [-0.1, -0.05) is 24.3 Å². The summed E-state index contributed by atoms with van der Waals surface area (Å²) in [7, 11) is -1.53. The summed E-state index contributed by atoms with van der Waals surface area (Å²) >= 11 is 0. The fraction of sp³-hybridized carbons (Fsp3) is 0.429. The van der Waals surface area contributed by atoms with Gasteiger partial charge in [-0.05, 0) is 37.6 Å². The number of sulfonamides is 1. The van der Waals surface area contributed by atoms with Gasteiger partial charge in [0.25, 0.3) is 0 Å². The molecule has 0 aromatic heterocycles. The second-order valence-electron chi connectivity index (χ2n) is 4.75. The number of aryl methyl sites for hydroxylation is 1. The molecule has 0 saturated carbocycles. The van der Waals surface area contributed by atoms with Gasteiger partial charge in [0.15, 0.2) is 0 Å². The van der Waals surface area contributed by atoms with Gasteiger partial charge in [0.05, 0.1) is 4.90 Å². The highest BCUT2D eigenvalue weighted by atomic mass is 32.2. The summed E-state index contributed by atoms with van der Waals surface area (Å²) in [5, 5.41) is 3.04. The quantitative estimate of drug-likeness (QED) is 0.854. The molecule has 0 bridgehead atoms. The van der Waals surface area contributed by atoms with E-state index < -0.39 is 10.0 Å². The fourth-order valence-corrected chi connectivity index (χ4v) is 3.90. The number of rotatable bonds is 4. The molecule has 104 valence electrons. The highest BCUT2D eigenvalue weighted by Gasteiger charge is 2.26. The summed E-state index contributed by atoms with van der Waals surface area (Å²) in [5.74, 6) is 0. The zero-order valence-electron chi connectivity index (χ0n) is 11.4. The van der Waals surface area contributed by atoms with Crippen LogP contribution in [0, 0.1) is 6.92 Å². The summed E-state index contributed by atoms with van der Waals surface area (Å²) < 4.78 is 26.8. The smallest absolute Gasteiger partial charge is 0.243 e. The van der Waals surface area contributed by atoms with Crippen molar-refractivity contribution >= 4 is 10.0 Å². The van der Waals surface area contributed by atoms with Gasteiger partial charge in [0.1, 0.15) is 0 Å². The van der Waals surface area contributed by atoms with Gasteiger partial charge >= 0.3 is 0 Å². The summed E-state index contributed by atoms with van der Waals surface area (Å²) in [6, 6.07) is 5.61. The predicted octanol–water partition coefficient (Wildman–Crippen LogP) is 1.67. The first kappa shape index (κ1) is 14.2. The monoisotopic (exact) mass is 280 g/mol. The second kappa shape index (κ2) is 5.86. The van der Waals surface area contributed by atoms with Crippen LogP contribution in [0.15, 0.2) is 35.2 Å².